The number of para-hydroxylation sites is 1. The summed E-state index contributed by atoms with van der Waals surface area (Å²) in [6.07, 6.45) is 0.777. The molecule has 1 heterocycles. The lowest BCUT2D eigenvalue weighted by Crippen LogP contribution is -2.42. The molecular formula is C18H21NO5. The van der Waals surface area contributed by atoms with Crippen molar-refractivity contribution < 1.29 is 19.1 Å². The summed E-state index contributed by atoms with van der Waals surface area (Å²) in [5, 5.41) is 12.4. The van der Waals surface area contributed by atoms with E-state index in [-0.39, 0.29) is 23.3 Å². The summed E-state index contributed by atoms with van der Waals surface area (Å²) in [5.74, 6) is -1.61. The van der Waals surface area contributed by atoms with Gasteiger partial charge in [0.15, 0.2) is 11.2 Å². The Morgan fingerprint density at radius 1 is 1.21 bits per heavy atom. The molecule has 0 spiro atoms. The van der Waals surface area contributed by atoms with Crippen LogP contribution in [0.15, 0.2) is 33.5 Å². The van der Waals surface area contributed by atoms with Crippen LogP contribution in [0.4, 0.5) is 0 Å². The van der Waals surface area contributed by atoms with E-state index < -0.39 is 17.3 Å². The average Bonchev–Trinajstić information content (AvgIpc) is 2.59. The SMILES string of the molecule is CCC(CC)(CNC(=O)c1oc2ccccc2c(=O)c1C)C(=O)O. The van der Waals surface area contributed by atoms with Gasteiger partial charge in [-0.3, -0.25) is 14.4 Å². The molecule has 1 amide bonds. The largest absolute Gasteiger partial charge is 0.481 e. The second-order valence-corrected chi connectivity index (χ2v) is 5.86. The number of carbonyl (C=O) groups excluding carboxylic acids is 1. The molecule has 0 saturated carbocycles. The zero-order chi connectivity index (χ0) is 17.9. The Morgan fingerprint density at radius 3 is 2.42 bits per heavy atom. The fraction of sp³-hybridized carbons (Fsp3) is 0.389. The predicted octanol–water partition coefficient (Wildman–Crippen LogP) is 2.72. The number of carbonyl (C=O) groups is 2. The molecule has 0 fully saturated rings. The van der Waals surface area contributed by atoms with Gasteiger partial charge in [-0.05, 0) is 31.9 Å². The summed E-state index contributed by atoms with van der Waals surface area (Å²) < 4.78 is 5.57. The Morgan fingerprint density at radius 2 is 1.83 bits per heavy atom. The number of amides is 1. The van der Waals surface area contributed by atoms with Crippen LogP contribution in [0.2, 0.25) is 0 Å². The summed E-state index contributed by atoms with van der Waals surface area (Å²) in [5.41, 5.74) is -0.757. The lowest BCUT2D eigenvalue weighted by Gasteiger charge is -2.26. The third-order valence-corrected chi connectivity index (χ3v) is 4.63. The van der Waals surface area contributed by atoms with Crippen molar-refractivity contribution in [2.75, 3.05) is 6.54 Å². The monoisotopic (exact) mass is 331 g/mol. The third kappa shape index (κ3) is 3.04. The summed E-state index contributed by atoms with van der Waals surface area (Å²) in [6.45, 7) is 5.04. The molecule has 0 atom stereocenters. The molecule has 24 heavy (non-hydrogen) atoms. The molecule has 2 rings (SSSR count). The molecule has 0 aliphatic rings. The van der Waals surface area contributed by atoms with E-state index in [1.165, 1.54) is 6.92 Å². The number of nitrogens with one attached hydrogen (secondary N) is 1. The molecule has 6 nitrogen and oxygen atoms in total. The minimum absolute atomic E-state index is 0.0237. The van der Waals surface area contributed by atoms with E-state index in [4.69, 9.17) is 4.42 Å². The van der Waals surface area contributed by atoms with E-state index >= 15 is 0 Å². The highest BCUT2D eigenvalue weighted by atomic mass is 16.4. The van der Waals surface area contributed by atoms with Crippen molar-refractivity contribution in [3.63, 3.8) is 0 Å². The fourth-order valence-corrected chi connectivity index (χ4v) is 2.66. The van der Waals surface area contributed by atoms with Gasteiger partial charge in [0, 0.05) is 12.1 Å². The zero-order valence-electron chi connectivity index (χ0n) is 14.0. The lowest BCUT2D eigenvalue weighted by molar-refractivity contribution is -0.149. The van der Waals surface area contributed by atoms with Crippen LogP contribution in [0.1, 0.15) is 42.8 Å². The predicted molar refractivity (Wildman–Crippen MR) is 90.2 cm³/mol. The maximum Gasteiger partial charge on any atom is 0.311 e. The van der Waals surface area contributed by atoms with Crippen LogP contribution in [-0.4, -0.2) is 23.5 Å². The van der Waals surface area contributed by atoms with Gasteiger partial charge in [0.2, 0.25) is 0 Å². The van der Waals surface area contributed by atoms with Gasteiger partial charge in [0.25, 0.3) is 5.91 Å². The van der Waals surface area contributed by atoms with Crippen molar-refractivity contribution in [1.82, 2.24) is 5.32 Å². The van der Waals surface area contributed by atoms with E-state index in [0.717, 1.165) is 0 Å². The summed E-state index contributed by atoms with van der Waals surface area (Å²) in [7, 11) is 0. The summed E-state index contributed by atoms with van der Waals surface area (Å²) in [4.78, 5) is 36.3. The van der Waals surface area contributed by atoms with Gasteiger partial charge in [-0.15, -0.1) is 0 Å². The van der Waals surface area contributed by atoms with E-state index in [2.05, 4.69) is 5.32 Å². The molecule has 0 saturated heterocycles. The molecule has 0 unspecified atom stereocenters. The van der Waals surface area contributed by atoms with Gasteiger partial charge < -0.3 is 14.8 Å². The van der Waals surface area contributed by atoms with E-state index in [9.17, 15) is 19.5 Å². The van der Waals surface area contributed by atoms with Crippen molar-refractivity contribution in [2.45, 2.75) is 33.6 Å². The van der Waals surface area contributed by atoms with Crippen LogP contribution >= 0.6 is 0 Å². The van der Waals surface area contributed by atoms with E-state index in [0.29, 0.717) is 23.8 Å². The number of rotatable bonds is 6. The van der Waals surface area contributed by atoms with Gasteiger partial charge in [-0.25, -0.2) is 0 Å². The quantitative estimate of drug-likeness (QED) is 0.848. The first kappa shape index (κ1) is 17.7. The van der Waals surface area contributed by atoms with Crippen LogP contribution < -0.4 is 10.7 Å². The Hall–Kier alpha value is -2.63. The molecule has 0 radical (unpaired) electrons. The van der Waals surface area contributed by atoms with Gasteiger partial charge >= 0.3 is 5.97 Å². The number of aliphatic carboxylic acids is 1. The van der Waals surface area contributed by atoms with Gasteiger partial charge in [0.1, 0.15) is 5.58 Å². The van der Waals surface area contributed by atoms with Crippen molar-refractivity contribution in [3.05, 3.63) is 45.8 Å². The summed E-state index contributed by atoms with van der Waals surface area (Å²) >= 11 is 0. The van der Waals surface area contributed by atoms with Crippen LogP contribution in [0.3, 0.4) is 0 Å². The van der Waals surface area contributed by atoms with Crippen LogP contribution in [-0.2, 0) is 4.79 Å². The first-order valence-electron chi connectivity index (χ1n) is 7.90. The maximum atomic E-state index is 12.4. The number of benzene rings is 1. The topological polar surface area (TPSA) is 96.6 Å². The molecule has 0 aliphatic heterocycles. The zero-order valence-corrected chi connectivity index (χ0v) is 14.0. The molecule has 1 aromatic carbocycles. The molecule has 0 bridgehead atoms. The van der Waals surface area contributed by atoms with Gasteiger partial charge in [-0.1, -0.05) is 26.0 Å². The third-order valence-electron chi connectivity index (χ3n) is 4.63. The standard InChI is InChI=1S/C18H21NO5/c1-4-18(5-2,17(22)23)10-19-16(21)15-11(3)14(20)12-8-6-7-9-13(12)24-15/h6-9H,4-5,10H2,1-3H3,(H,19,21)(H,22,23). The molecule has 2 N–H and O–H groups in total. The van der Waals surface area contributed by atoms with Crippen LogP contribution in [0.5, 0.6) is 0 Å². The Balaban J connectivity index is 2.34. The van der Waals surface area contributed by atoms with E-state index in [1.807, 2.05) is 0 Å². The lowest BCUT2D eigenvalue weighted by atomic mass is 9.82. The minimum Gasteiger partial charge on any atom is -0.481 e. The molecular weight excluding hydrogens is 310 g/mol. The Bertz CT molecular complexity index is 833. The molecule has 0 aliphatic carbocycles. The van der Waals surface area contributed by atoms with Crippen LogP contribution in [0, 0.1) is 12.3 Å². The number of hydrogen-bond donors (Lipinski definition) is 2. The molecule has 1 aromatic heterocycles. The highest BCUT2D eigenvalue weighted by Gasteiger charge is 2.35. The van der Waals surface area contributed by atoms with Crippen molar-refractivity contribution in [1.29, 1.82) is 0 Å². The number of carboxylic acid groups (broad SMARTS) is 1. The maximum absolute atomic E-state index is 12.4. The normalized spacial score (nSPS) is 11.5. The van der Waals surface area contributed by atoms with Crippen molar-refractivity contribution in [2.24, 2.45) is 5.41 Å². The van der Waals surface area contributed by atoms with Gasteiger partial charge in [0.05, 0.1) is 10.8 Å². The molecule has 2 aromatic rings. The minimum atomic E-state index is -1.03. The smallest absolute Gasteiger partial charge is 0.311 e. The van der Waals surface area contributed by atoms with Crippen molar-refractivity contribution in [3.8, 4) is 0 Å². The number of carboxylic acids is 1. The number of fused-ring (bicyclic) bond motifs is 1. The molecule has 6 heteroatoms. The van der Waals surface area contributed by atoms with Crippen LogP contribution in [0.25, 0.3) is 11.0 Å². The van der Waals surface area contributed by atoms with E-state index in [1.54, 1.807) is 38.1 Å². The second-order valence-electron chi connectivity index (χ2n) is 5.86. The second kappa shape index (κ2) is 6.86. The summed E-state index contributed by atoms with van der Waals surface area (Å²) in [6, 6.07) is 6.69. The highest BCUT2D eigenvalue weighted by molar-refractivity contribution is 5.95. The Labute approximate surface area is 139 Å². The highest BCUT2D eigenvalue weighted by Crippen LogP contribution is 2.26. The first-order chi connectivity index (χ1) is 11.4. The van der Waals surface area contributed by atoms with Crippen molar-refractivity contribution >= 4 is 22.8 Å². The first-order valence-corrected chi connectivity index (χ1v) is 7.90. The number of hydrogen-bond acceptors (Lipinski definition) is 4. The average molecular weight is 331 g/mol. The van der Waals surface area contributed by atoms with Gasteiger partial charge in [-0.2, -0.15) is 0 Å². The Kier molecular flexibility index (Phi) is 5.07. The fourth-order valence-electron chi connectivity index (χ4n) is 2.66. The molecule has 128 valence electrons.